The molecular weight excluding hydrogens is 252 g/mol. The molecule has 15 heavy (non-hydrogen) atoms. The quantitative estimate of drug-likeness (QED) is 0.741. The summed E-state index contributed by atoms with van der Waals surface area (Å²) in [5.41, 5.74) is 3.97. The van der Waals surface area contributed by atoms with E-state index in [0.29, 0.717) is 6.42 Å². The first-order chi connectivity index (χ1) is 6.88. The third-order valence-corrected chi connectivity index (χ3v) is 3.33. The number of hydrogen-bond donors (Lipinski definition) is 0. The molecule has 1 aromatic rings. The molecule has 0 aliphatic carbocycles. The number of ketones is 1. The van der Waals surface area contributed by atoms with Gasteiger partial charge >= 0.3 is 0 Å². The molecule has 0 radical (unpaired) electrons. The van der Waals surface area contributed by atoms with Gasteiger partial charge in [0.1, 0.15) is 5.78 Å². The Morgan fingerprint density at radius 1 is 1.20 bits per heavy atom. The Morgan fingerprint density at radius 2 is 1.53 bits per heavy atom. The first-order valence-corrected chi connectivity index (χ1v) is 5.90. The molecule has 0 spiro atoms. The van der Waals surface area contributed by atoms with Crippen molar-refractivity contribution in [2.75, 3.05) is 0 Å². The number of carbonyl (C=O) groups is 1. The molecule has 84 valence electrons. The fourth-order valence-corrected chi connectivity index (χ4v) is 1.39. The van der Waals surface area contributed by atoms with Crippen LogP contribution in [0.2, 0.25) is 0 Å². The number of rotatable bonds is 1. The first-order valence-electron chi connectivity index (χ1n) is 5.11. The van der Waals surface area contributed by atoms with Crippen molar-refractivity contribution >= 4 is 21.7 Å². The second-order valence-electron chi connectivity index (χ2n) is 3.77. The normalized spacial score (nSPS) is 9.20. The number of hydrogen-bond acceptors (Lipinski definition) is 1. The van der Waals surface area contributed by atoms with E-state index in [1.54, 1.807) is 6.92 Å². The van der Waals surface area contributed by atoms with E-state index in [1.165, 1.54) is 21.2 Å². The minimum absolute atomic E-state index is 0.255. The molecular formula is C13H19BrO. The van der Waals surface area contributed by atoms with E-state index >= 15 is 0 Å². The highest BCUT2D eigenvalue weighted by Gasteiger charge is 1.97. The minimum atomic E-state index is 0.255. The fraction of sp³-hybridized carbons (Fsp3) is 0.462. The van der Waals surface area contributed by atoms with Crippen LogP contribution in [-0.2, 0) is 4.79 Å². The average molecular weight is 271 g/mol. The molecule has 0 fully saturated rings. The summed E-state index contributed by atoms with van der Waals surface area (Å²) in [5, 5.41) is 0. The molecule has 1 nitrogen and oxygen atoms in total. The van der Waals surface area contributed by atoms with Crippen LogP contribution in [0.3, 0.4) is 0 Å². The lowest BCUT2D eigenvalue weighted by Crippen LogP contribution is -1.82. The van der Waals surface area contributed by atoms with Gasteiger partial charge in [0.2, 0.25) is 0 Å². The van der Waals surface area contributed by atoms with Gasteiger partial charge in [0, 0.05) is 10.9 Å². The van der Waals surface area contributed by atoms with E-state index in [1.807, 2.05) is 6.92 Å². The van der Waals surface area contributed by atoms with Gasteiger partial charge in [-0.15, -0.1) is 0 Å². The first kappa shape index (κ1) is 14.4. The van der Waals surface area contributed by atoms with Crippen molar-refractivity contribution in [3.05, 3.63) is 33.3 Å². The maximum absolute atomic E-state index is 9.81. The number of aryl methyl sites for hydroxylation is 3. The average Bonchev–Trinajstić information content (AvgIpc) is 2.15. The molecule has 0 aliphatic rings. The minimum Gasteiger partial charge on any atom is -0.300 e. The van der Waals surface area contributed by atoms with Crippen molar-refractivity contribution in [1.82, 2.24) is 0 Å². The summed E-state index contributed by atoms with van der Waals surface area (Å²) in [4.78, 5) is 9.81. The fourth-order valence-electron chi connectivity index (χ4n) is 1.16. The molecule has 1 rings (SSSR count). The molecule has 0 saturated heterocycles. The number of benzene rings is 1. The van der Waals surface area contributed by atoms with Gasteiger partial charge in [-0.25, -0.2) is 0 Å². The van der Waals surface area contributed by atoms with E-state index in [4.69, 9.17) is 0 Å². The highest BCUT2D eigenvalue weighted by Crippen LogP contribution is 2.21. The van der Waals surface area contributed by atoms with Crippen LogP contribution in [-0.4, -0.2) is 5.78 Å². The van der Waals surface area contributed by atoms with Crippen LogP contribution in [0.25, 0.3) is 0 Å². The molecule has 0 aliphatic heterocycles. The van der Waals surface area contributed by atoms with Crippen molar-refractivity contribution in [2.24, 2.45) is 0 Å². The third kappa shape index (κ3) is 5.73. The molecule has 0 aromatic heterocycles. The van der Waals surface area contributed by atoms with Gasteiger partial charge in [0.15, 0.2) is 0 Å². The molecule has 0 bridgehead atoms. The topological polar surface area (TPSA) is 17.1 Å². The van der Waals surface area contributed by atoms with Gasteiger partial charge in [-0.2, -0.15) is 0 Å². The zero-order valence-corrected chi connectivity index (χ0v) is 11.7. The number of Topliss-reactive ketones (excluding diaryl/α,β-unsaturated/α-hetero) is 1. The smallest absolute Gasteiger partial charge is 0.129 e. The highest BCUT2D eigenvalue weighted by atomic mass is 79.9. The van der Waals surface area contributed by atoms with E-state index in [-0.39, 0.29) is 5.78 Å². The Hall–Kier alpha value is -0.630. The number of halogens is 1. The van der Waals surface area contributed by atoms with Gasteiger partial charge in [-0.1, -0.05) is 40.5 Å². The molecule has 0 atom stereocenters. The Balaban J connectivity index is 0.000000336. The van der Waals surface area contributed by atoms with Crippen molar-refractivity contribution in [3.8, 4) is 0 Å². The van der Waals surface area contributed by atoms with Gasteiger partial charge in [0.05, 0.1) is 0 Å². The standard InChI is InChI=1S/C9H11Br.C4H8O/c1-6-4-7(2)9(10)8(3)5-6;1-3-4(2)5/h4-5H,1-3H3;3H2,1-2H3. The molecule has 0 unspecified atom stereocenters. The van der Waals surface area contributed by atoms with Crippen LogP contribution in [0.5, 0.6) is 0 Å². The predicted molar refractivity (Wildman–Crippen MR) is 69.3 cm³/mol. The van der Waals surface area contributed by atoms with Crippen LogP contribution < -0.4 is 0 Å². The Bertz CT molecular complexity index is 319. The summed E-state index contributed by atoms with van der Waals surface area (Å²) in [6, 6.07) is 4.36. The van der Waals surface area contributed by atoms with Gasteiger partial charge in [-0.3, -0.25) is 0 Å². The molecule has 2 heteroatoms. The molecule has 0 heterocycles. The van der Waals surface area contributed by atoms with Gasteiger partial charge < -0.3 is 4.79 Å². The summed E-state index contributed by atoms with van der Waals surface area (Å²) < 4.78 is 1.23. The van der Waals surface area contributed by atoms with Crippen molar-refractivity contribution in [2.45, 2.75) is 41.0 Å². The van der Waals surface area contributed by atoms with Crippen molar-refractivity contribution < 1.29 is 4.79 Å². The summed E-state index contributed by atoms with van der Waals surface area (Å²) in [6.45, 7) is 9.78. The van der Waals surface area contributed by atoms with E-state index < -0.39 is 0 Å². The lowest BCUT2D eigenvalue weighted by molar-refractivity contribution is -0.116. The zero-order valence-electron chi connectivity index (χ0n) is 10.1. The molecule has 0 amide bonds. The summed E-state index contributed by atoms with van der Waals surface area (Å²) in [6.07, 6.45) is 0.667. The SMILES string of the molecule is CCC(C)=O.Cc1cc(C)c(Br)c(C)c1. The van der Waals surface area contributed by atoms with E-state index in [9.17, 15) is 4.79 Å². The van der Waals surface area contributed by atoms with Crippen molar-refractivity contribution in [3.63, 3.8) is 0 Å². The molecule has 1 aromatic carbocycles. The van der Waals surface area contributed by atoms with Crippen LogP contribution in [0.15, 0.2) is 16.6 Å². The third-order valence-electron chi connectivity index (χ3n) is 2.08. The Labute approximate surface area is 101 Å². The van der Waals surface area contributed by atoms with E-state index in [0.717, 1.165) is 0 Å². The maximum atomic E-state index is 9.81. The van der Waals surface area contributed by atoms with Crippen LogP contribution in [0.1, 0.15) is 37.0 Å². The predicted octanol–water partition coefficient (Wildman–Crippen LogP) is 4.36. The second-order valence-corrected chi connectivity index (χ2v) is 4.56. The lowest BCUT2D eigenvalue weighted by Gasteiger charge is -2.03. The Kier molecular flexibility index (Phi) is 6.50. The van der Waals surface area contributed by atoms with Crippen LogP contribution in [0.4, 0.5) is 0 Å². The van der Waals surface area contributed by atoms with Gasteiger partial charge in [0.25, 0.3) is 0 Å². The largest absolute Gasteiger partial charge is 0.300 e. The van der Waals surface area contributed by atoms with Crippen LogP contribution in [0, 0.1) is 20.8 Å². The molecule has 0 saturated carbocycles. The zero-order chi connectivity index (χ0) is 12.0. The number of carbonyl (C=O) groups excluding carboxylic acids is 1. The monoisotopic (exact) mass is 270 g/mol. The van der Waals surface area contributed by atoms with Gasteiger partial charge in [-0.05, 0) is 38.8 Å². The second kappa shape index (κ2) is 6.78. The highest BCUT2D eigenvalue weighted by molar-refractivity contribution is 9.10. The maximum Gasteiger partial charge on any atom is 0.129 e. The Morgan fingerprint density at radius 3 is 1.80 bits per heavy atom. The molecule has 0 N–H and O–H groups in total. The lowest BCUT2D eigenvalue weighted by atomic mass is 10.1. The summed E-state index contributed by atoms with van der Waals surface area (Å²) in [7, 11) is 0. The summed E-state index contributed by atoms with van der Waals surface area (Å²) in [5.74, 6) is 0.255. The van der Waals surface area contributed by atoms with Crippen molar-refractivity contribution in [1.29, 1.82) is 0 Å². The van der Waals surface area contributed by atoms with Crippen LogP contribution >= 0.6 is 15.9 Å². The summed E-state index contributed by atoms with van der Waals surface area (Å²) >= 11 is 3.51. The van der Waals surface area contributed by atoms with E-state index in [2.05, 4.69) is 48.8 Å².